The summed E-state index contributed by atoms with van der Waals surface area (Å²) in [5.41, 5.74) is 8.88. The topological polar surface area (TPSA) is 57.0 Å². The van der Waals surface area contributed by atoms with Crippen molar-refractivity contribution in [2.45, 2.75) is 33.2 Å². The van der Waals surface area contributed by atoms with Gasteiger partial charge in [-0.1, -0.05) is 36.7 Å². The number of rotatable bonds is 3. The summed E-state index contributed by atoms with van der Waals surface area (Å²) in [7, 11) is 0. The van der Waals surface area contributed by atoms with Crippen LogP contribution < -0.4 is 5.73 Å². The number of benzene rings is 1. The van der Waals surface area contributed by atoms with Crippen molar-refractivity contribution in [3.05, 3.63) is 46.3 Å². The Hall–Kier alpha value is -1.94. The highest BCUT2D eigenvalue weighted by molar-refractivity contribution is 6.33. The van der Waals surface area contributed by atoms with Gasteiger partial charge in [-0.25, -0.2) is 4.68 Å². The van der Waals surface area contributed by atoms with E-state index in [9.17, 15) is 0 Å². The van der Waals surface area contributed by atoms with Crippen molar-refractivity contribution in [1.82, 2.24) is 9.78 Å². The van der Waals surface area contributed by atoms with E-state index in [-0.39, 0.29) is 6.04 Å². The second-order valence-corrected chi connectivity index (χ2v) is 5.58. The number of hydrogen-bond acceptors (Lipinski definition) is 3. The predicted molar refractivity (Wildman–Crippen MR) is 85.8 cm³/mol. The molecule has 1 unspecified atom stereocenters. The highest BCUT2D eigenvalue weighted by Gasteiger charge is 2.23. The van der Waals surface area contributed by atoms with E-state index in [1.807, 2.05) is 32.0 Å². The largest absolute Gasteiger partial charge is 0.458 e. The molecule has 110 valence electrons. The number of fused-ring (bicyclic) bond motifs is 1. The van der Waals surface area contributed by atoms with Crippen LogP contribution >= 0.6 is 11.6 Å². The Kier molecular flexibility index (Phi) is 3.41. The molecule has 1 atom stereocenters. The molecular weight excluding hydrogens is 286 g/mol. The smallest absolute Gasteiger partial charge is 0.141 e. The summed E-state index contributed by atoms with van der Waals surface area (Å²) in [4.78, 5) is 0. The zero-order chi connectivity index (χ0) is 15.1. The van der Waals surface area contributed by atoms with E-state index in [4.69, 9.17) is 21.8 Å². The van der Waals surface area contributed by atoms with Gasteiger partial charge in [-0.2, -0.15) is 5.10 Å². The number of hydrogen-bond donors (Lipinski definition) is 1. The van der Waals surface area contributed by atoms with Gasteiger partial charge in [0.15, 0.2) is 0 Å². The van der Waals surface area contributed by atoms with Gasteiger partial charge in [-0.3, -0.25) is 0 Å². The lowest BCUT2D eigenvalue weighted by Gasteiger charge is -2.13. The minimum atomic E-state index is -0.0986. The van der Waals surface area contributed by atoms with Gasteiger partial charge in [0.1, 0.15) is 28.2 Å². The molecule has 0 bridgehead atoms. The van der Waals surface area contributed by atoms with Gasteiger partial charge >= 0.3 is 0 Å². The molecule has 4 nitrogen and oxygen atoms in total. The summed E-state index contributed by atoms with van der Waals surface area (Å²) in [6.45, 7) is 6.00. The second kappa shape index (κ2) is 5.11. The van der Waals surface area contributed by atoms with Gasteiger partial charge in [0.05, 0.1) is 5.69 Å². The first kappa shape index (κ1) is 14.0. The number of nitrogens with zero attached hydrogens (tertiary/aromatic N) is 2. The van der Waals surface area contributed by atoms with Crippen molar-refractivity contribution < 1.29 is 4.42 Å². The molecule has 0 saturated heterocycles. The number of para-hydroxylation sites is 1. The standard InChI is InChI=1S/C16H18ClN3O/c1-4-11-12-7-5-6-8-13(12)21-15(11)10(3)20-16(18)14(17)9(2)19-20/h5-8,10H,4,18H2,1-3H3. The maximum atomic E-state index is 6.14. The van der Waals surface area contributed by atoms with Gasteiger partial charge < -0.3 is 10.2 Å². The highest BCUT2D eigenvalue weighted by atomic mass is 35.5. The molecule has 2 aromatic heterocycles. The van der Waals surface area contributed by atoms with Gasteiger partial charge in [0, 0.05) is 10.9 Å². The molecule has 2 heterocycles. The summed E-state index contributed by atoms with van der Waals surface area (Å²) in [5, 5.41) is 6.09. The Bertz CT molecular complexity index is 803. The fourth-order valence-electron chi connectivity index (χ4n) is 2.77. The van der Waals surface area contributed by atoms with Crippen LogP contribution in [-0.4, -0.2) is 9.78 Å². The Morgan fingerprint density at radius 1 is 1.38 bits per heavy atom. The molecule has 3 rings (SSSR count). The lowest BCUT2D eigenvalue weighted by atomic mass is 10.1. The molecule has 0 radical (unpaired) electrons. The van der Waals surface area contributed by atoms with Crippen LogP contribution in [-0.2, 0) is 6.42 Å². The minimum Gasteiger partial charge on any atom is -0.458 e. The lowest BCUT2D eigenvalue weighted by molar-refractivity contribution is 0.442. The first-order chi connectivity index (χ1) is 10.0. The maximum absolute atomic E-state index is 6.14. The summed E-state index contributed by atoms with van der Waals surface area (Å²) in [5.74, 6) is 1.37. The molecule has 1 aromatic carbocycles. The van der Waals surface area contributed by atoms with Crippen LogP contribution in [0.5, 0.6) is 0 Å². The first-order valence-electron chi connectivity index (χ1n) is 7.05. The number of aryl methyl sites for hydroxylation is 2. The molecule has 21 heavy (non-hydrogen) atoms. The zero-order valence-corrected chi connectivity index (χ0v) is 13.1. The molecule has 0 fully saturated rings. The molecule has 5 heteroatoms. The van der Waals surface area contributed by atoms with Crippen molar-refractivity contribution in [2.24, 2.45) is 0 Å². The highest BCUT2D eigenvalue weighted by Crippen LogP contribution is 2.34. The summed E-state index contributed by atoms with van der Waals surface area (Å²) in [6.07, 6.45) is 0.893. The van der Waals surface area contributed by atoms with E-state index < -0.39 is 0 Å². The Labute approximate surface area is 128 Å². The Morgan fingerprint density at radius 2 is 2.10 bits per heavy atom. The Morgan fingerprint density at radius 3 is 2.71 bits per heavy atom. The average molecular weight is 304 g/mol. The van der Waals surface area contributed by atoms with Gasteiger partial charge in [-0.05, 0) is 26.3 Å². The summed E-state index contributed by atoms with van der Waals surface area (Å²) in [6, 6.07) is 7.96. The second-order valence-electron chi connectivity index (χ2n) is 5.20. The van der Waals surface area contributed by atoms with Crippen LogP contribution in [0.15, 0.2) is 28.7 Å². The van der Waals surface area contributed by atoms with Gasteiger partial charge in [-0.15, -0.1) is 0 Å². The number of furan rings is 1. The van der Waals surface area contributed by atoms with Crippen LogP contribution in [0.25, 0.3) is 11.0 Å². The van der Waals surface area contributed by atoms with Crippen molar-refractivity contribution >= 4 is 28.4 Å². The van der Waals surface area contributed by atoms with E-state index in [1.165, 1.54) is 5.56 Å². The average Bonchev–Trinajstić information content (AvgIpc) is 2.99. The third-order valence-electron chi connectivity index (χ3n) is 3.88. The lowest BCUT2D eigenvalue weighted by Crippen LogP contribution is -2.12. The quantitative estimate of drug-likeness (QED) is 0.783. The molecule has 3 aromatic rings. The Balaban J connectivity index is 2.17. The van der Waals surface area contributed by atoms with E-state index in [1.54, 1.807) is 4.68 Å². The summed E-state index contributed by atoms with van der Waals surface area (Å²) < 4.78 is 7.78. The van der Waals surface area contributed by atoms with Crippen LogP contribution in [0.2, 0.25) is 5.02 Å². The van der Waals surface area contributed by atoms with Crippen molar-refractivity contribution in [1.29, 1.82) is 0 Å². The maximum Gasteiger partial charge on any atom is 0.141 e. The third kappa shape index (κ3) is 2.10. The predicted octanol–water partition coefficient (Wildman–Crippen LogP) is 4.35. The fourth-order valence-corrected chi connectivity index (χ4v) is 2.90. The van der Waals surface area contributed by atoms with Crippen LogP contribution in [0.1, 0.15) is 36.9 Å². The monoisotopic (exact) mass is 303 g/mol. The molecule has 0 aliphatic carbocycles. The summed E-state index contributed by atoms with van der Waals surface area (Å²) >= 11 is 6.14. The van der Waals surface area contributed by atoms with Crippen LogP contribution in [0, 0.1) is 6.92 Å². The zero-order valence-electron chi connectivity index (χ0n) is 12.4. The minimum absolute atomic E-state index is 0.0986. The van der Waals surface area contributed by atoms with Gasteiger partial charge in [0.2, 0.25) is 0 Å². The molecular formula is C16H18ClN3O. The van der Waals surface area contributed by atoms with Gasteiger partial charge in [0.25, 0.3) is 0 Å². The van der Waals surface area contributed by atoms with E-state index in [0.29, 0.717) is 10.8 Å². The number of aromatic nitrogens is 2. The SMILES string of the molecule is CCc1c(C(C)n2nc(C)c(Cl)c2N)oc2ccccc12. The van der Waals surface area contributed by atoms with Crippen LogP contribution in [0.4, 0.5) is 5.82 Å². The third-order valence-corrected chi connectivity index (χ3v) is 4.34. The normalized spacial score (nSPS) is 13.0. The fraction of sp³-hybridized carbons (Fsp3) is 0.312. The molecule has 0 spiro atoms. The van der Waals surface area contributed by atoms with Crippen LogP contribution in [0.3, 0.4) is 0 Å². The number of halogens is 1. The molecule has 2 N–H and O–H groups in total. The molecule has 0 amide bonds. The first-order valence-corrected chi connectivity index (χ1v) is 7.42. The van der Waals surface area contributed by atoms with E-state index in [2.05, 4.69) is 18.1 Å². The van der Waals surface area contributed by atoms with Crippen molar-refractivity contribution in [3.63, 3.8) is 0 Å². The van der Waals surface area contributed by atoms with E-state index in [0.717, 1.165) is 28.8 Å². The molecule has 0 aliphatic heterocycles. The molecule has 0 saturated carbocycles. The number of anilines is 1. The van der Waals surface area contributed by atoms with E-state index >= 15 is 0 Å². The molecule has 0 aliphatic rings. The number of nitrogens with two attached hydrogens (primary N) is 1. The van der Waals surface area contributed by atoms with Crippen molar-refractivity contribution in [3.8, 4) is 0 Å². The van der Waals surface area contributed by atoms with Crippen molar-refractivity contribution in [2.75, 3.05) is 5.73 Å². The number of nitrogen functional groups attached to an aromatic ring is 1.